The highest BCUT2D eigenvalue weighted by atomic mass is 35.5. The van der Waals surface area contributed by atoms with Crippen molar-refractivity contribution in [3.05, 3.63) is 22.3 Å². The maximum atomic E-state index is 12.2. The number of carbonyl (C=O) groups excluding carboxylic acids is 2. The first-order chi connectivity index (χ1) is 11.9. The van der Waals surface area contributed by atoms with Crippen LogP contribution >= 0.6 is 35.0 Å². The molecule has 2 atom stereocenters. The summed E-state index contributed by atoms with van der Waals surface area (Å²) in [5.41, 5.74) is 0.459. The highest BCUT2D eigenvalue weighted by Gasteiger charge is 2.26. The summed E-state index contributed by atoms with van der Waals surface area (Å²) in [6.45, 7) is 3.82. The van der Waals surface area contributed by atoms with Crippen molar-refractivity contribution in [1.29, 1.82) is 0 Å². The first-order valence-corrected chi connectivity index (χ1v) is 9.31. The van der Waals surface area contributed by atoms with E-state index in [4.69, 9.17) is 27.9 Å². The van der Waals surface area contributed by atoms with E-state index in [0.29, 0.717) is 20.8 Å². The van der Waals surface area contributed by atoms with Gasteiger partial charge in [0.05, 0.1) is 22.9 Å². The molecule has 1 N–H and O–H groups in total. The van der Waals surface area contributed by atoms with E-state index in [1.54, 1.807) is 16.7 Å². The molecule has 0 bridgehead atoms. The van der Waals surface area contributed by atoms with Crippen LogP contribution < -0.4 is 5.32 Å². The van der Waals surface area contributed by atoms with Gasteiger partial charge >= 0.3 is 5.97 Å². The lowest BCUT2D eigenvalue weighted by molar-refractivity contribution is -0.146. The molecule has 0 fully saturated rings. The van der Waals surface area contributed by atoms with Crippen LogP contribution in [0.1, 0.15) is 20.3 Å². The van der Waals surface area contributed by atoms with E-state index in [1.807, 2.05) is 13.8 Å². The fourth-order valence-electron chi connectivity index (χ4n) is 2.14. The molecule has 2 aromatic heterocycles. The number of aromatic nitrogens is 3. The predicted octanol–water partition coefficient (Wildman–Crippen LogP) is 2.83. The first kappa shape index (κ1) is 19.8. The quantitative estimate of drug-likeness (QED) is 0.563. The predicted molar refractivity (Wildman–Crippen MR) is 97.1 cm³/mol. The second-order valence-electron chi connectivity index (χ2n) is 5.42. The lowest BCUT2D eigenvalue weighted by Gasteiger charge is -2.21. The van der Waals surface area contributed by atoms with Crippen molar-refractivity contribution >= 4 is 52.5 Å². The van der Waals surface area contributed by atoms with Gasteiger partial charge in [0, 0.05) is 6.20 Å². The van der Waals surface area contributed by atoms with Gasteiger partial charge in [0.25, 0.3) is 0 Å². The summed E-state index contributed by atoms with van der Waals surface area (Å²) in [7, 11) is 1.30. The minimum absolute atomic E-state index is 0.0343. The lowest BCUT2D eigenvalue weighted by Crippen LogP contribution is -2.46. The fourth-order valence-corrected chi connectivity index (χ4v) is 3.37. The van der Waals surface area contributed by atoms with E-state index in [-0.39, 0.29) is 17.6 Å². The van der Waals surface area contributed by atoms with Gasteiger partial charge in [-0.15, -0.1) is 10.2 Å². The molecule has 2 aromatic rings. The Morgan fingerprint density at radius 2 is 2.12 bits per heavy atom. The number of esters is 1. The highest BCUT2D eigenvalue weighted by molar-refractivity contribution is 7.99. The van der Waals surface area contributed by atoms with Crippen molar-refractivity contribution < 1.29 is 14.3 Å². The third-order valence-electron chi connectivity index (χ3n) is 3.71. The molecular weight excluding hydrogens is 387 g/mol. The molecule has 0 radical (unpaired) electrons. The molecule has 2 heterocycles. The molecule has 0 saturated carbocycles. The van der Waals surface area contributed by atoms with Crippen LogP contribution in [-0.4, -0.2) is 45.4 Å². The van der Waals surface area contributed by atoms with E-state index in [9.17, 15) is 9.59 Å². The average Bonchev–Trinajstić information content (AvgIpc) is 2.99. The van der Waals surface area contributed by atoms with Crippen molar-refractivity contribution in [1.82, 2.24) is 19.9 Å². The molecule has 0 unspecified atom stereocenters. The second kappa shape index (κ2) is 8.73. The van der Waals surface area contributed by atoms with Gasteiger partial charge in [0.2, 0.25) is 5.91 Å². The largest absolute Gasteiger partial charge is 0.467 e. The standard InChI is InChI=1S/C15H18Cl2N4O3S/c1-4-8(2)12(14(23)24-3)18-11(22)7-25-15-20-19-13-10(17)5-9(16)6-21(13)15/h5-6,8,12H,4,7H2,1-3H3,(H,18,22)/t8-,12-/m0/s1. The number of halogens is 2. The number of methoxy groups -OCH3 is 1. The summed E-state index contributed by atoms with van der Waals surface area (Å²) in [6.07, 6.45) is 2.36. The maximum absolute atomic E-state index is 12.2. The van der Waals surface area contributed by atoms with E-state index < -0.39 is 12.0 Å². The van der Waals surface area contributed by atoms with Crippen molar-refractivity contribution in [3.8, 4) is 0 Å². The molecule has 0 aromatic carbocycles. The normalized spacial score (nSPS) is 13.5. The summed E-state index contributed by atoms with van der Waals surface area (Å²) in [5.74, 6) is -0.729. The van der Waals surface area contributed by atoms with Gasteiger partial charge in [-0.1, -0.05) is 55.2 Å². The minimum atomic E-state index is -0.679. The molecule has 0 aliphatic rings. The number of pyridine rings is 1. The molecular formula is C15H18Cl2N4O3S. The highest BCUT2D eigenvalue weighted by Crippen LogP contribution is 2.25. The Morgan fingerprint density at radius 3 is 2.76 bits per heavy atom. The average molecular weight is 405 g/mol. The Kier molecular flexibility index (Phi) is 6.92. The van der Waals surface area contributed by atoms with Crippen LogP contribution in [0.5, 0.6) is 0 Å². The zero-order valence-corrected chi connectivity index (χ0v) is 16.3. The summed E-state index contributed by atoms with van der Waals surface area (Å²) in [5, 5.41) is 12.0. The number of nitrogens with one attached hydrogen (secondary N) is 1. The van der Waals surface area contributed by atoms with Crippen molar-refractivity contribution in [2.45, 2.75) is 31.5 Å². The lowest BCUT2D eigenvalue weighted by atomic mass is 9.99. The molecule has 0 aliphatic heterocycles. The number of hydrogen-bond donors (Lipinski definition) is 1. The van der Waals surface area contributed by atoms with Crippen LogP contribution in [0, 0.1) is 5.92 Å². The molecule has 136 valence electrons. The van der Waals surface area contributed by atoms with Gasteiger partial charge in [-0.25, -0.2) is 4.79 Å². The van der Waals surface area contributed by atoms with Gasteiger partial charge in [-0.05, 0) is 12.0 Å². The summed E-state index contributed by atoms with van der Waals surface area (Å²) >= 11 is 13.2. The number of hydrogen-bond acceptors (Lipinski definition) is 6. The topological polar surface area (TPSA) is 85.6 Å². The number of fused-ring (bicyclic) bond motifs is 1. The molecule has 7 nitrogen and oxygen atoms in total. The van der Waals surface area contributed by atoms with Crippen LogP contribution in [0.3, 0.4) is 0 Å². The second-order valence-corrected chi connectivity index (χ2v) is 7.21. The van der Waals surface area contributed by atoms with Gasteiger partial charge in [0.15, 0.2) is 10.8 Å². The number of thioether (sulfide) groups is 1. The summed E-state index contributed by atoms with van der Waals surface area (Å²) in [6, 6.07) is 0.892. The molecule has 0 spiro atoms. The number of nitrogens with zero attached hydrogens (tertiary/aromatic N) is 3. The smallest absolute Gasteiger partial charge is 0.328 e. The Labute approximate surface area is 159 Å². The Bertz CT molecular complexity index is 783. The fraction of sp³-hybridized carbons (Fsp3) is 0.467. The van der Waals surface area contributed by atoms with Gasteiger partial charge < -0.3 is 10.1 Å². The third kappa shape index (κ3) is 4.77. The molecule has 0 saturated heterocycles. The zero-order chi connectivity index (χ0) is 18.6. The van der Waals surface area contributed by atoms with E-state index in [2.05, 4.69) is 15.5 Å². The summed E-state index contributed by atoms with van der Waals surface area (Å²) in [4.78, 5) is 24.0. The van der Waals surface area contributed by atoms with Crippen LogP contribution in [0.15, 0.2) is 17.4 Å². The van der Waals surface area contributed by atoms with Crippen LogP contribution in [0.25, 0.3) is 5.65 Å². The Morgan fingerprint density at radius 1 is 1.40 bits per heavy atom. The Balaban J connectivity index is 2.05. The molecule has 25 heavy (non-hydrogen) atoms. The molecule has 10 heteroatoms. The van der Waals surface area contributed by atoms with Crippen LogP contribution in [0.2, 0.25) is 10.0 Å². The number of rotatable bonds is 7. The summed E-state index contributed by atoms with van der Waals surface area (Å²) < 4.78 is 6.37. The molecule has 2 rings (SSSR count). The maximum Gasteiger partial charge on any atom is 0.328 e. The SMILES string of the molecule is CC[C@H](C)[C@H](NC(=O)CSc1nnc2c(Cl)cc(Cl)cn12)C(=O)OC. The first-order valence-electron chi connectivity index (χ1n) is 7.57. The third-order valence-corrected chi connectivity index (χ3v) is 5.14. The molecule has 1 amide bonds. The zero-order valence-electron chi connectivity index (χ0n) is 14.0. The van der Waals surface area contributed by atoms with Gasteiger partial charge in [0.1, 0.15) is 6.04 Å². The van der Waals surface area contributed by atoms with Crippen molar-refractivity contribution in [3.63, 3.8) is 0 Å². The number of ether oxygens (including phenoxy) is 1. The van der Waals surface area contributed by atoms with Crippen molar-refractivity contribution in [2.24, 2.45) is 5.92 Å². The molecule has 0 aliphatic carbocycles. The van der Waals surface area contributed by atoms with Crippen LogP contribution in [-0.2, 0) is 14.3 Å². The van der Waals surface area contributed by atoms with E-state index >= 15 is 0 Å². The monoisotopic (exact) mass is 404 g/mol. The van der Waals surface area contributed by atoms with Gasteiger partial charge in [-0.3, -0.25) is 9.20 Å². The van der Waals surface area contributed by atoms with E-state index in [0.717, 1.165) is 6.42 Å². The van der Waals surface area contributed by atoms with Crippen LogP contribution in [0.4, 0.5) is 0 Å². The minimum Gasteiger partial charge on any atom is -0.467 e. The number of carbonyl (C=O) groups is 2. The van der Waals surface area contributed by atoms with Crippen molar-refractivity contribution in [2.75, 3.05) is 12.9 Å². The van der Waals surface area contributed by atoms with E-state index in [1.165, 1.54) is 18.9 Å². The number of amides is 1. The Hall–Kier alpha value is -1.51. The van der Waals surface area contributed by atoms with Gasteiger partial charge in [-0.2, -0.15) is 0 Å².